The number of aromatic hydroxyl groups is 1. The Morgan fingerprint density at radius 1 is 1.22 bits per heavy atom. The van der Waals surface area contributed by atoms with Crippen molar-refractivity contribution in [3.63, 3.8) is 0 Å². The highest BCUT2D eigenvalue weighted by atomic mass is 79.9. The zero-order chi connectivity index (χ0) is 13.0. The highest BCUT2D eigenvalue weighted by molar-refractivity contribution is 9.10. The summed E-state index contributed by atoms with van der Waals surface area (Å²) in [5, 5.41) is 12.5. The lowest BCUT2D eigenvalue weighted by molar-refractivity contribution is 0.471. The van der Waals surface area contributed by atoms with E-state index in [1.165, 1.54) is 11.8 Å². The van der Waals surface area contributed by atoms with Crippen LogP contribution in [-0.4, -0.2) is 10.1 Å². The standard InChI is InChI=1S/C14H15BrN2O/c1-10(11-2-4-12(15)5-3-11)16-8-13-6-7-14(18)9-17-13/h2-7,9-10,16,18H,8H2,1H3/t10-/m1/s1. The predicted octanol–water partition coefficient (Wildman–Crippen LogP) is 3.40. The molecule has 0 aliphatic rings. The lowest BCUT2D eigenvalue weighted by Crippen LogP contribution is -2.18. The van der Waals surface area contributed by atoms with Gasteiger partial charge in [0.25, 0.3) is 0 Å². The molecule has 18 heavy (non-hydrogen) atoms. The molecule has 1 heterocycles. The first-order chi connectivity index (χ1) is 8.65. The lowest BCUT2D eigenvalue weighted by atomic mass is 10.1. The molecule has 3 nitrogen and oxygen atoms in total. The quantitative estimate of drug-likeness (QED) is 0.910. The summed E-state index contributed by atoms with van der Waals surface area (Å²) >= 11 is 3.42. The second-order valence-electron chi connectivity index (χ2n) is 4.16. The van der Waals surface area contributed by atoms with Crippen molar-refractivity contribution in [1.82, 2.24) is 10.3 Å². The Morgan fingerprint density at radius 2 is 1.94 bits per heavy atom. The van der Waals surface area contributed by atoms with Gasteiger partial charge in [-0.25, -0.2) is 0 Å². The molecule has 1 aromatic carbocycles. The van der Waals surface area contributed by atoms with E-state index in [4.69, 9.17) is 5.11 Å². The van der Waals surface area contributed by atoms with Gasteiger partial charge in [0.15, 0.2) is 0 Å². The van der Waals surface area contributed by atoms with E-state index in [0.717, 1.165) is 10.2 Å². The summed E-state index contributed by atoms with van der Waals surface area (Å²) in [5.41, 5.74) is 2.15. The first-order valence-corrected chi connectivity index (χ1v) is 6.57. The zero-order valence-electron chi connectivity index (χ0n) is 10.1. The first kappa shape index (κ1) is 13.1. The molecule has 0 saturated carbocycles. The molecule has 1 aromatic heterocycles. The van der Waals surface area contributed by atoms with Crippen LogP contribution in [0.25, 0.3) is 0 Å². The summed E-state index contributed by atoms with van der Waals surface area (Å²) < 4.78 is 1.08. The van der Waals surface area contributed by atoms with Crippen LogP contribution in [0.3, 0.4) is 0 Å². The van der Waals surface area contributed by atoms with Gasteiger partial charge in [0.1, 0.15) is 5.75 Å². The van der Waals surface area contributed by atoms with Gasteiger partial charge < -0.3 is 10.4 Å². The van der Waals surface area contributed by atoms with Crippen molar-refractivity contribution in [3.8, 4) is 5.75 Å². The smallest absolute Gasteiger partial charge is 0.133 e. The van der Waals surface area contributed by atoms with Crippen LogP contribution in [0.5, 0.6) is 5.75 Å². The van der Waals surface area contributed by atoms with Crippen molar-refractivity contribution in [2.45, 2.75) is 19.5 Å². The molecule has 2 aromatic rings. The molecular weight excluding hydrogens is 292 g/mol. The van der Waals surface area contributed by atoms with Gasteiger partial charge in [-0.3, -0.25) is 4.98 Å². The van der Waals surface area contributed by atoms with Gasteiger partial charge in [-0.05, 0) is 36.8 Å². The van der Waals surface area contributed by atoms with Crippen LogP contribution >= 0.6 is 15.9 Å². The summed E-state index contributed by atoms with van der Waals surface area (Å²) in [7, 11) is 0. The molecule has 0 unspecified atom stereocenters. The fraction of sp³-hybridized carbons (Fsp3) is 0.214. The van der Waals surface area contributed by atoms with Crippen LogP contribution in [0, 0.1) is 0 Å². The molecule has 94 valence electrons. The number of aromatic nitrogens is 1. The number of benzene rings is 1. The summed E-state index contributed by atoms with van der Waals surface area (Å²) in [6, 6.07) is 12.0. The minimum Gasteiger partial charge on any atom is -0.506 e. The summed E-state index contributed by atoms with van der Waals surface area (Å²) in [6.07, 6.45) is 1.46. The normalized spacial score (nSPS) is 12.3. The molecule has 0 aliphatic heterocycles. The molecule has 0 bridgehead atoms. The van der Waals surface area contributed by atoms with Crippen molar-refractivity contribution in [2.24, 2.45) is 0 Å². The second kappa shape index (κ2) is 5.98. The van der Waals surface area contributed by atoms with E-state index < -0.39 is 0 Å². The van der Waals surface area contributed by atoms with E-state index in [2.05, 4.69) is 45.3 Å². The molecule has 0 radical (unpaired) electrons. The summed E-state index contributed by atoms with van der Waals surface area (Å²) in [5.74, 6) is 0.194. The molecule has 0 amide bonds. The van der Waals surface area contributed by atoms with E-state index in [0.29, 0.717) is 6.54 Å². The number of nitrogens with one attached hydrogen (secondary N) is 1. The highest BCUT2D eigenvalue weighted by Crippen LogP contribution is 2.17. The number of rotatable bonds is 4. The maximum atomic E-state index is 9.15. The maximum Gasteiger partial charge on any atom is 0.133 e. The zero-order valence-corrected chi connectivity index (χ0v) is 11.7. The Labute approximate surface area is 115 Å². The predicted molar refractivity (Wildman–Crippen MR) is 75.3 cm³/mol. The Kier molecular flexibility index (Phi) is 4.33. The molecule has 2 N–H and O–H groups in total. The Morgan fingerprint density at radius 3 is 2.56 bits per heavy atom. The molecule has 4 heteroatoms. The molecule has 1 atom stereocenters. The highest BCUT2D eigenvalue weighted by Gasteiger charge is 2.05. The minimum absolute atomic E-state index is 0.194. The maximum absolute atomic E-state index is 9.15. The van der Waals surface area contributed by atoms with Gasteiger partial charge in [-0.2, -0.15) is 0 Å². The van der Waals surface area contributed by atoms with Crippen molar-refractivity contribution in [3.05, 3.63) is 58.3 Å². The molecule has 2 rings (SSSR count). The van der Waals surface area contributed by atoms with Gasteiger partial charge in [0.05, 0.1) is 11.9 Å². The van der Waals surface area contributed by atoms with Crippen LogP contribution in [0.4, 0.5) is 0 Å². The van der Waals surface area contributed by atoms with Gasteiger partial charge in [-0.15, -0.1) is 0 Å². The summed E-state index contributed by atoms with van der Waals surface area (Å²) in [4.78, 5) is 4.14. The molecule has 0 spiro atoms. The minimum atomic E-state index is 0.194. The molecule has 0 aliphatic carbocycles. The largest absolute Gasteiger partial charge is 0.506 e. The molecule has 0 fully saturated rings. The third-order valence-corrected chi connectivity index (χ3v) is 3.30. The van der Waals surface area contributed by atoms with Crippen LogP contribution in [-0.2, 0) is 6.54 Å². The number of nitrogens with zero attached hydrogens (tertiary/aromatic N) is 1. The third kappa shape index (κ3) is 3.55. The Hall–Kier alpha value is -1.39. The van der Waals surface area contributed by atoms with E-state index in [1.807, 2.05) is 18.2 Å². The van der Waals surface area contributed by atoms with Crippen LogP contribution < -0.4 is 5.32 Å². The van der Waals surface area contributed by atoms with Crippen molar-refractivity contribution < 1.29 is 5.11 Å². The monoisotopic (exact) mass is 306 g/mol. The molecular formula is C14H15BrN2O. The van der Waals surface area contributed by atoms with Crippen LogP contribution in [0.2, 0.25) is 0 Å². The van der Waals surface area contributed by atoms with E-state index >= 15 is 0 Å². The average Bonchev–Trinajstić information content (AvgIpc) is 2.38. The summed E-state index contributed by atoms with van der Waals surface area (Å²) in [6.45, 7) is 2.79. The first-order valence-electron chi connectivity index (χ1n) is 5.78. The van der Waals surface area contributed by atoms with Crippen LogP contribution in [0.1, 0.15) is 24.2 Å². The number of hydrogen-bond donors (Lipinski definition) is 2. The van der Waals surface area contributed by atoms with Crippen molar-refractivity contribution in [1.29, 1.82) is 0 Å². The van der Waals surface area contributed by atoms with E-state index in [1.54, 1.807) is 6.07 Å². The van der Waals surface area contributed by atoms with Gasteiger partial charge >= 0.3 is 0 Å². The fourth-order valence-electron chi connectivity index (χ4n) is 1.65. The number of hydrogen-bond acceptors (Lipinski definition) is 3. The van der Waals surface area contributed by atoms with E-state index in [9.17, 15) is 0 Å². The Bertz CT molecular complexity index is 496. The third-order valence-electron chi connectivity index (χ3n) is 2.77. The van der Waals surface area contributed by atoms with Crippen molar-refractivity contribution >= 4 is 15.9 Å². The Balaban J connectivity index is 1.93. The number of pyridine rings is 1. The van der Waals surface area contributed by atoms with Gasteiger partial charge in [-0.1, -0.05) is 28.1 Å². The lowest BCUT2D eigenvalue weighted by Gasteiger charge is -2.14. The van der Waals surface area contributed by atoms with Crippen LogP contribution in [0.15, 0.2) is 47.1 Å². The topological polar surface area (TPSA) is 45.1 Å². The second-order valence-corrected chi connectivity index (χ2v) is 5.08. The number of halogens is 1. The SMILES string of the molecule is C[C@@H](NCc1ccc(O)cn1)c1ccc(Br)cc1. The average molecular weight is 307 g/mol. The fourth-order valence-corrected chi connectivity index (χ4v) is 1.91. The van der Waals surface area contributed by atoms with Crippen molar-refractivity contribution in [2.75, 3.05) is 0 Å². The molecule has 0 saturated heterocycles. The van der Waals surface area contributed by atoms with E-state index in [-0.39, 0.29) is 11.8 Å². The van der Waals surface area contributed by atoms with Gasteiger partial charge in [0.2, 0.25) is 0 Å². The van der Waals surface area contributed by atoms with Gasteiger partial charge in [0, 0.05) is 17.1 Å².